The molecule has 2 fully saturated rings. The fourth-order valence-electron chi connectivity index (χ4n) is 2.17. The second-order valence-corrected chi connectivity index (χ2v) is 3.94. The van der Waals surface area contributed by atoms with Crippen LogP contribution in [0, 0.1) is 0 Å². The predicted molar refractivity (Wildman–Crippen MR) is 53.2 cm³/mol. The largest absolute Gasteiger partial charge is 0.378 e. The molecule has 0 spiro atoms. The van der Waals surface area contributed by atoms with E-state index in [2.05, 4.69) is 0 Å². The first kappa shape index (κ1) is 10.4. The van der Waals surface area contributed by atoms with E-state index >= 15 is 0 Å². The fraction of sp³-hybridized carbons (Fsp3) is 0.800. The summed E-state index contributed by atoms with van der Waals surface area (Å²) in [5.74, 6) is 0.0860. The summed E-state index contributed by atoms with van der Waals surface area (Å²) in [6.45, 7) is 3.24. The van der Waals surface area contributed by atoms with Gasteiger partial charge in [0.25, 0.3) is 0 Å². The first-order chi connectivity index (χ1) is 7.33. The highest BCUT2D eigenvalue weighted by molar-refractivity contribution is 5.84. The molecule has 0 saturated carbocycles. The third kappa shape index (κ3) is 2.12. The highest BCUT2D eigenvalue weighted by atomic mass is 16.5. The Morgan fingerprint density at radius 1 is 1.27 bits per heavy atom. The first-order valence-electron chi connectivity index (χ1n) is 5.40. The van der Waals surface area contributed by atoms with Gasteiger partial charge in [-0.3, -0.25) is 9.59 Å². The van der Waals surface area contributed by atoms with Crippen LogP contribution in [0.25, 0.3) is 0 Å². The number of hydrogen-bond donors (Lipinski definition) is 0. The molecule has 15 heavy (non-hydrogen) atoms. The number of carbonyl (C=O) groups excluding carboxylic acids is 2. The zero-order chi connectivity index (χ0) is 10.7. The number of morpholine rings is 1. The van der Waals surface area contributed by atoms with Crippen molar-refractivity contribution < 1.29 is 14.3 Å². The topological polar surface area (TPSA) is 49.9 Å². The van der Waals surface area contributed by atoms with E-state index in [1.165, 1.54) is 0 Å². The predicted octanol–water partition coefficient (Wildman–Crippen LogP) is -0.534. The van der Waals surface area contributed by atoms with Gasteiger partial charge in [0.1, 0.15) is 6.04 Å². The van der Waals surface area contributed by atoms with Crippen LogP contribution in [-0.4, -0.2) is 61.0 Å². The minimum atomic E-state index is -0.222. The van der Waals surface area contributed by atoms with Crippen molar-refractivity contribution >= 4 is 12.3 Å². The second kappa shape index (κ2) is 4.61. The molecule has 1 atom stereocenters. The molecule has 5 nitrogen and oxygen atoms in total. The van der Waals surface area contributed by atoms with Crippen LogP contribution in [0.4, 0.5) is 0 Å². The van der Waals surface area contributed by atoms with E-state index in [-0.39, 0.29) is 11.9 Å². The lowest BCUT2D eigenvalue weighted by Gasteiger charge is -2.31. The van der Waals surface area contributed by atoms with Crippen LogP contribution in [0.3, 0.4) is 0 Å². The van der Waals surface area contributed by atoms with Crippen molar-refractivity contribution in [3.63, 3.8) is 0 Å². The molecule has 2 aliphatic rings. The molecule has 2 rings (SSSR count). The highest BCUT2D eigenvalue weighted by Crippen LogP contribution is 2.17. The number of likely N-dealkylation sites (tertiary alicyclic amines) is 1. The second-order valence-electron chi connectivity index (χ2n) is 3.94. The molecule has 0 aromatic heterocycles. The molecule has 2 saturated heterocycles. The average Bonchev–Trinajstić information content (AvgIpc) is 2.77. The lowest BCUT2D eigenvalue weighted by Crippen LogP contribution is -2.49. The van der Waals surface area contributed by atoms with Gasteiger partial charge in [-0.15, -0.1) is 0 Å². The molecule has 0 aliphatic carbocycles. The highest BCUT2D eigenvalue weighted by Gasteiger charge is 2.33. The molecule has 1 unspecified atom stereocenters. The van der Waals surface area contributed by atoms with Gasteiger partial charge in [-0.05, 0) is 12.8 Å². The summed E-state index contributed by atoms with van der Waals surface area (Å²) in [5.41, 5.74) is 0. The van der Waals surface area contributed by atoms with E-state index in [9.17, 15) is 9.59 Å². The summed E-state index contributed by atoms with van der Waals surface area (Å²) >= 11 is 0. The van der Waals surface area contributed by atoms with Gasteiger partial charge >= 0.3 is 0 Å². The summed E-state index contributed by atoms with van der Waals surface area (Å²) < 4.78 is 5.19. The number of amides is 2. The van der Waals surface area contributed by atoms with Crippen molar-refractivity contribution in [3.8, 4) is 0 Å². The smallest absolute Gasteiger partial charge is 0.245 e. The SMILES string of the molecule is O=CN1CCCC1C(=O)N1CCOCC1. The molecule has 5 heteroatoms. The van der Waals surface area contributed by atoms with E-state index in [1.54, 1.807) is 9.80 Å². The maximum atomic E-state index is 12.0. The molecule has 0 aromatic carbocycles. The molecular formula is C10H16N2O3. The number of carbonyl (C=O) groups is 2. The molecule has 0 bridgehead atoms. The number of ether oxygens (including phenoxy) is 1. The summed E-state index contributed by atoms with van der Waals surface area (Å²) in [6, 6.07) is -0.222. The third-order valence-corrected chi connectivity index (χ3v) is 3.04. The minimum absolute atomic E-state index is 0.0860. The molecule has 0 aromatic rings. The average molecular weight is 212 g/mol. The van der Waals surface area contributed by atoms with Gasteiger partial charge in [-0.1, -0.05) is 0 Å². The molecule has 0 radical (unpaired) electrons. The maximum Gasteiger partial charge on any atom is 0.245 e. The number of hydrogen-bond acceptors (Lipinski definition) is 3. The van der Waals surface area contributed by atoms with E-state index in [1.807, 2.05) is 0 Å². The van der Waals surface area contributed by atoms with Crippen molar-refractivity contribution in [2.24, 2.45) is 0 Å². The Labute approximate surface area is 89.0 Å². The van der Waals surface area contributed by atoms with Gasteiger partial charge in [0.2, 0.25) is 12.3 Å². The molecule has 2 aliphatic heterocycles. The van der Waals surface area contributed by atoms with Gasteiger partial charge in [0, 0.05) is 19.6 Å². The van der Waals surface area contributed by atoms with Crippen LogP contribution >= 0.6 is 0 Å². The van der Waals surface area contributed by atoms with Crippen LogP contribution in [0.1, 0.15) is 12.8 Å². The Bertz CT molecular complexity index is 251. The van der Waals surface area contributed by atoms with Gasteiger partial charge in [0.15, 0.2) is 0 Å². The standard InChI is InChI=1S/C10H16N2O3/c13-8-12-3-1-2-9(12)10(14)11-4-6-15-7-5-11/h8-9H,1-7H2. The van der Waals surface area contributed by atoms with Gasteiger partial charge < -0.3 is 14.5 Å². The molecule has 84 valence electrons. The normalized spacial score (nSPS) is 26.8. The monoisotopic (exact) mass is 212 g/mol. The summed E-state index contributed by atoms with van der Waals surface area (Å²) in [5, 5.41) is 0. The zero-order valence-electron chi connectivity index (χ0n) is 8.72. The summed E-state index contributed by atoms with van der Waals surface area (Å²) in [7, 11) is 0. The summed E-state index contributed by atoms with van der Waals surface area (Å²) in [6.07, 6.45) is 2.52. The Balaban J connectivity index is 1.96. The Morgan fingerprint density at radius 2 is 2.00 bits per heavy atom. The lowest BCUT2D eigenvalue weighted by molar-refractivity contribution is -0.142. The number of nitrogens with zero attached hydrogens (tertiary/aromatic N) is 2. The van der Waals surface area contributed by atoms with E-state index in [4.69, 9.17) is 4.74 Å². The van der Waals surface area contributed by atoms with Crippen LogP contribution < -0.4 is 0 Å². The Hall–Kier alpha value is -1.10. The van der Waals surface area contributed by atoms with Crippen molar-refractivity contribution in [1.29, 1.82) is 0 Å². The van der Waals surface area contributed by atoms with Gasteiger partial charge in [-0.25, -0.2) is 0 Å². The van der Waals surface area contributed by atoms with Gasteiger partial charge in [-0.2, -0.15) is 0 Å². The third-order valence-electron chi connectivity index (χ3n) is 3.04. The van der Waals surface area contributed by atoms with E-state index in [0.29, 0.717) is 32.8 Å². The van der Waals surface area contributed by atoms with Crippen molar-refractivity contribution in [3.05, 3.63) is 0 Å². The lowest BCUT2D eigenvalue weighted by atomic mass is 10.2. The molecule has 2 heterocycles. The molecule has 0 N–H and O–H groups in total. The van der Waals surface area contributed by atoms with Crippen molar-refractivity contribution in [2.45, 2.75) is 18.9 Å². The Morgan fingerprint density at radius 3 is 2.67 bits per heavy atom. The van der Waals surface area contributed by atoms with Crippen LogP contribution in [-0.2, 0) is 14.3 Å². The van der Waals surface area contributed by atoms with Crippen molar-refractivity contribution in [2.75, 3.05) is 32.8 Å². The first-order valence-corrected chi connectivity index (χ1v) is 5.40. The zero-order valence-corrected chi connectivity index (χ0v) is 8.72. The van der Waals surface area contributed by atoms with Crippen LogP contribution in [0.2, 0.25) is 0 Å². The quantitative estimate of drug-likeness (QED) is 0.578. The van der Waals surface area contributed by atoms with Crippen molar-refractivity contribution in [1.82, 2.24) is 9.80 Å². The Kier molecular flexibility index (Phi) is 3.20. The number of rotatable bonds is 2. The van der Waals surface area contributed by atoms with E-state index in [0.717, 1.165) is 19.3 Å². The van der Waals surface area contributed by atoms with Crippen LogP contribution in [0.5, 0.6) is 0 Å². The van der Waals surface area contributed by atoms with Crippen LogP contribution in [0.15, 0.2) is 0 Å². The van der Waals surface area contributed by atoms with E-state index < -0.39 is 0 Å². The molecular weight excluding hydrogens is 196 g/mol. The maximum absolute atomic E-state index is 12.0. The fourth-order valence-corrected chi connectivity index (χ4v) is 2.17. The molecule has 2 amide bonds. The summed E-state index contributed by atoms with van der Waals surface area (Å²) in [4.78, 5) is 26.2. The van der Waals surface area contributed by atoms with Gasteiger partial charge in [0.05, 0.1) is 13.2 Å². The minimum Gasteiger partial charge on any atom is -0.378 e.